The Labute approximate surface area is 187 Å². The molecule has 0 amide bonds. The molecule has 32 heavy (non-hydrogen) atoms. The van der Waals surface area contributed by atoms with Crippen molar-refractivity contribution >= 4 is 22.6 Å². The summed E-state index contributed by atoms with van der Waals surface area (Å²) in [6, 6.07) is 32.4. The van der Waals surface area contributed by atoms with Crippen molar-refractivity contribution < 1.29 is 9.90 Å². The molecule has 4 aromatic carbocycles. The predicted octanol–water partition coefficient (Wildman–Crippen LogP) is 5.37. The summed E-state index contributed by atoms with van der Waals surface area (Å²) in [7, 11) is 0. The molecule has 1 atom stereocenters. The van der Waals surface area contributed by atoms with Crippen molar-refractivity contribution in [2.45, 2.75) is 5.60 Å². The van der Waals surface area contributed by atoms with Crippen molar-refractivity contribution in [2.24, 2.45) is 0 Å². The van der Waals surface area contributed by atoms with Crippen molar-refractivity contribution in [1.82, 2.24) is 0 Å². The highest BCUT2D eigenvalue weighted by Gasteiger charge is 2.24. The smallest absolute Gasteiger partial charge is 0.214 e. The topological polar surface area (TPSA) is 37.3 Å². The lowest BCUT2D eigenvalue weighted by atomic mass is 9.93. The number of carbonyl (C=O) groups excluding carboxylic acids is 1. The number of benzene rings is 4. The van der Waals surface area contributed by atoms with Crippen LogP contribution in [0.2, 0.25) is 0 Å². The Morgan fingerprint density at radius 1 is 0.750 bits per heavy atom. The van der Waals surface area contributed by atoms with Gasteiger partial charge < -0.3 is 5.11 Å². The minimum absolute atomic E-state index is 0.515. The molecule has 0 heterocycles. The van der Waals surface area contributed by atoms with Gasteiger partial charge in [0.2, 0.25) is 5.60 Å². The van der Waals surface area contributed by atoms with Gasteiger partial charge in [0.05, 0.1) is 0 Å². The third-order valence-corrected chi connectivity index (χ3v) is 5.03. The maximum Gasteiger partial charge on any atom is 0.214 e. The molecule has 1 N–H and O–H groups in total. The number of allylic oxidation sites excluding steroid dienone is 2. The largest absolute Gasteiger partial charge is 0.363 e. The fourth-order valence-corrected chi connectivity index (χ4v) is 3.33. The first-order valence-corrected chi connectivity index (χ1v) is 10.2. The van der Waals surface area contributed by atoms with E-state index in [1.165, 1.54) is 6.08 Å². The molecule has 0 saturated heterocycles. The molecule has 0 radical (unpaired) electrons. The molecule has 1 unspecified atom stereocenters. The number of aldehydes is 1. The Kier molecular flexibility index (Phi) is 6.28. The van der Waals surface area contributed by atoms with Gasteiger partial charge in [0.1, 0.15) is 6.29 Å². The molecule has 0 saturated carbocycles. The second-order valence-corrected chi connectivity index (χ2v) is 7.22. The SMILES string of the molecule is O=C/C=C(\C#CC(O)(C#Cc1ccccc1)c1ccccc1)c1ccc2ccccc2c1. The fourth-order valence-electron chi connectivity index (χ4n) is 3.33. The number of carbonyl (C=O) groups is 1. The van der Waals surface area contributed by atoms with Gasteiger partial charge in [0, 0.05) is 16.7 Å². The molecule has 0 fully saturated rings. The molecule has 4 rings (SSSR count). The van der Waals surface area contributed by atoms with Crippen LogP contribution >= 0.6 is 0 Å². The molecule has 2 nitrogen and oxygen atoms in total. The van der Waals surface area contributed by atoms with E-state index in [-0.39, 0.29) is 0 Å². The van der Waals surface area contributed by atoms with E-state index in [1.54, 1.807) is 12.1 Å². The minimum Gasteiger partial charge on any atom is -0.363 e. The summed E-state index contributed by atoms with van der Waals surface area (Å²) in [5.41, 5.74) is 0.966. The Hall–Kier alpha value is -4.37. The minimum atomic E-state index is -1.70. The highest BCUT2D eigenvalue weighted by molar-refractivity contribution is 5.93. The Morgan fingerprint density at radius 2 is 1.41 bits per heavy atom. The number of aliphatic hydroxyl groups is 1. The average Bonchev–Trinajstić information content (AvgIpc) is 2.86. The molecule has 0 aliphatic rings. The van der Waals surface area contributed by atoms with Crippen LogP contribution in [0.4, 0.5) is 0 Å². The van der Waals surface area contributed by atoms with Crippen molar-refractivity contribution in [1.29, 1.82) is 0 Å². The van der Waals surface area contributed by atoms with Gasteiger partial charge in [-0.1, -0.05) is 96.8 Å². The van der Waals surface area contributed by atoms with E-state index >= 15 is 0 Å². The van der Waals surface area contributed by atoms with Crippen LogP contribution in [0.25, 0.3) is 16.3 Å². The van der Waals surface area contributed by atoms with Crippen LogP contribution in [0.15, 0.2) is 109 Å². The van der Waals surface area contributed by atoms with Gasteiger partial charge in [-0.3, -0.25) is 4.79 Å². The van der Waals surface area contributed by atoms with Gasteiger partial charge in [-0.15, -0.1) is 0 Å². The Morgan fingerprint density at radius 3 is 2.12 bits per heavy atom. The summed E-state index contributed by atoms with van der Waals surface area (Å²) in [6.45, 7) is 0. The molecule has 4 aromatic rings. The number of rotatable bonds is 3. The first-order valence-electron chi connectivity index (χ1n) is 10.2. The summed E-state index contributed by atoms with van der Waals surface area (Å²) in [5, 5.41) is 13.6. The maximum absolute atomic E-state index is 11.4. The summed E-state index contributed by atoms with van der Waals surface area (Å²) >= 11 is 0. The monoisotopic (exact) mass is 412 g/mol. The molecule has 0 aliphatic carbocycles. The van der Waals surface area contributed by atoms with Crippen LogP contribution in [0.5, 0.6) is 0 Å². The zero-order valence-electron chi connectivity index (χ0n) is 17.3. The van der Waals surface area contributed by atoms with Crippen LogP contribution in [-0.4, -0.2) is 11.4 Å². The average molecular weight is 412 g/mol. The normalized spacial score (nSPS) is 12.6. The van der Waals surface area contributed by atoms with Gasteiger partial charge in [-0.05, 0) is 52.5 Å². The van der Waals surface area contributed by atoms with Gasteiger partial charge in [-0.2, -0.15) is 0 Å². The molecule has 0 aromatic heterocycles. The first kappa shape index (κ1) is 20.9. The zero-order valence-corrected chi connectivity index (χ0v) is 17.3. The van der Waals surface area contributed by atoms with Crippen LogP contribution in [0, 0.1) is 23.7 Å². The molecule has 0 spiro atoms. The molecular formula is C30H20O2. The molecule has 152 valence electrons. The number of fused-ring (bicyclic) bond motifs is 1. The standard InChI is InChI=1S/C30H20O2/c31-22-19-26(28-16-15-25-11-7-8-12-27(25)23-28)18-21-30(32,29-13-5-2-6-14-29)20-17-24-9-3-1-4-10-24/h1-16,19,22-23,32H/b26-19+. The van der Waals surface area contributed by atoms with Gasteiger partial charge in [-0.25, -0.2) is 0 Å². The Bertz CT molecular complexity index is 1390. The third-order valence-electron chi connectivity index (χ3n) is 5.03. The van der Waals surface area contributed by atoms with Crippen LogP contribution in [-0.2, 0) is 10.4 Å². The highest BCUT2D eigenvalue weighted by Crippen LogP contribution is 2.23. The van der Waals surface area contributed by atoms with Crippen molar-refractivity contribution in [3.05, 3.63) is 126 Å². The second kappa shape index (κ2) is 9.63. The lowest BCUT2D eigenvalue weighted by molar-refractivity contribution is -0.104. The van der Waals surface area contributed by atoms with Crippen LogP contribution < -0.4 is 0 Å². The number of hydrogen-bond donors (Lipinski definition) is 1. The maximum atomic E-state index is 11.4. The Balaban J connectivity index is 1.79. The lowest BCUT2D eigenvalue weighted by Gasteiger charge is -2.16. The summed E-state index contributed by atoms with van der Waals surface area (Å²) in [4.78, 5) is 11.3. The van der Waals surface area contributed by atoms with E-state index in [1.807, 2.05) is 91.0 Å². The summed E-state index contributed by atoms with van der Waals surface area (Å²) < 4.78 is 0. The molecule has 0 aliphatic heterocycles. The van der Waals surface area contributed by atoms with Gasteiger partial charge in [0.15, 0.2) is 0 Å². The quantitative estimate of drug-likeness (QED) is 0.279. The summed E-state index contributed by atoms with van der Waals surface area (Å²) in [5.74, 6) is 11.9. The van der Waals surface area contributed by atoms with Crippen molar-refractivity contribution in [2.75, 3.05) is 0 Å². The zero-order chi connectivity index (χ0) is 22.2. The van der Waals surface area contributed by atoms with Crippen LogP contribution in [0.3, 0.4) is 0 Å². The van der Waals surface area contributed by atoms with Crippen molar-refractivity contribution in [3.8, 4) is 23.7 Å². The number of hydrogen-bond acceptors (Lipinski definition) is 2. The van der Waals surface area contributed by atoms with E-state index < -0.39 is 5.60 Å². The van der Waals surface area contributed by atoms with Crippen LogP contribution in [0.1, 0.15) is 16.7 Å². The van der Waals surface area contributed by atoms with Gasteiger partial charge >= 0.3 is 0 Å². The van der Waals surface area contributed by atoms with E-state index in [0.29, 0.717) is 17.4 Å². The van der Waals surface area contributed by atoms with E-state index in [9.17, 15) is 9.90 Å². The molecular weight excluding hydrogens is 392 g/mol. The summed E-state index contributed by atoms with van der Waals surface area (Å²) in [6.07, 6.45) is 2.11. The molecule has 2 heteroatoms. The third kappa shape index (κ3) is 4.85. The van der Waals surface area contributed by atoms with Crippen molar-refractivity contribution in [3.63, 3.8) is 0 Å². The first-order chi connectivity index (χ1) is 15.7. The fraction of sp³-hybridized carbons (Fsp3) is 0.0333. The predicted molar refractivity (Wildman–Crippen MR) is 129 cm³/mol. The highest BCUT2D eigenvalue weighted by atomic mass is 16.3. The van der Waals surface area contributed by atoms with E-state index in [4.69, 9.17) is 0 Å². The van der Waals surface area contributed by atoms with E-state index in [0.717, 1.165) is 21.9 Å². The lowest BCUT2D eigenvalue weighted by Crippen LogP contribution is -2.21. The second-order valence-electron chi connectivity index (χ2n) is 7.22. The van der Waals surface area contributed by atoms with E-state index in [2.05, 4.69) is 23.7 Å². The van der Waals surface area contributed by atoms with Gasteiger partial charge in [0.25, 0.3) is 0 Å². The molecule has 0 bridgehead atoms.